The Balaban J connectivity index is 1.67. The third-order valence-corrected chi connectivity index (χ3v) is 6.51. The Kier molecular flexibility index (Phi) is 4.63. The van der Waals surface area contributed by atoms with Crippen LogP contribution in [-0.2, 0) is 0 Å². The lowest BCUT2D eigenvalue weighted by atomic mass is 10.2. The number of H-pyrrole nitrogens is 1. The predicted molar refractivity (Wildman–Crippen MR) is 94.8 cm³/mol. The van der Waals surface area contributed by atoms with Crippen LogP contribution in [0.1, 0.15) is 21.5 Å². The van der Waals surface area contributed by atoms with Crippen LogP contribution in [-0.4, -0.2) is 27.7 Å². The first-order valence-corrected chi connectivity index (χ1v) is 9.16. The van der Waals surface area contributed by atoms with Crippen LogP contribution >= 0.6 is 23.5 Å². The van der Waals surface area contributed by atoms with Gasteiger partial charge >= 0.3 is 6.03 Å². The molecule has 3 N–H and O–H groups in total. The summed E-state index contributed by atoms with van der Waals surface area (Å²) in [5.74, 6) is 2.37. The van der Waals surface area contributed by atoms with Crippen LogP contribution in [0.15, 0.2) is 24.3 Å². The molecule has 116 valence electrons. The van der Waals surface area contributed by atoms with Gasteiger partial charge in [-0.25, -0.2) is 4.79 Å². The van der Waals surface area contributed by atoms with Crippen molar-refractivity contribution in [3.63, 3.8) is 0 Å². The summed E-state index contributed by atoms with van der Waals surface area (Å²) in [5.41, 5.74) is 4.42. The number of aromatic amines is 1. The minimum atomic E-state index is -0.253. The number of nitrogens with zero attached hydrogens (tertiary/aromatic N) is 1. The van der Waals surface area contributed by atoms with E-state index in [0.29, 0.717) is 4.58 Å². The van der Waals surface area contributed by atoms with E-state index < -0.39 is 0 Å². The number of thioether (sulfide) groups is 2. The molecule has 1 aliphatic heterocycles. The molecule has 0 atom stereocenters. The van der Waals surface area contributed by atoms with Crippen molar-refractivity contribution in [1.82, 2.24) is 10.2 Å². The monoisotopic (exact) mass is 334 g/mol. The second-order valence-corrected chi connectivity index (χ2v) is 7.81. The summed E-state index contributed by atoms with van der Waals surface area (Å²) in [6, 6.07) is 7.80. The lowest BCUT2D eigenvalue weighted by Crippen LogP contribution is -2.20. The van der Waals surface area contributed by atoms with Gasteiger partial charge in [-0.1, -0.05) is 12.1 Å². The number of aromatic nitrogens is 2. The van der Waals surface area contributed by atoms with Crippen molar-refractivity contribution in [2.24, 2.45) is 0 Å². The molecule has 5 nitrogen and oxygen atoms in total. The first-order chi connectivity index (χ1) is 10.6. The summed E-state index contributed by atoms with van der Waals surface area (Å²) in [6.07, 6.45) is 0. The molecule has 7 heteroatoms. The summed E-state index contributed by atoms with van der Waals surface area (Å²) >= 11 is 3.91. The Morgan fingerprint density at radius 3 is 2.73 bits per heavy atom. The zero-order valence-corrected chi connectivity index (χ0v) is 14.1. The van der Waals surface area contributed by atoms with Gasteiger partial charge in [0.1, 0.15) is 0 Å². The lowest BCUT2D eigenvalue weighted by molar-refractivity contribution is 0.262. The molecule has 1 aromatic heterocycles. The highest BCUT2D eigenvalue weighted by molar-refractivity contribution is 8.19. The van der Waals surface area contributed by atoms with Gasteiger partial charge in [-0.15, -0.1) is 23.5 Å². The van der Waals surface area contributed by atoms with Crippen molar-refractivity contribution in [2.45, 2.75) is 18.4 Å². The molecule has 1 fully saturated rings. The Morgan fingerprint density at radius 1 is 1.27 bits per heavy atom. The number of nitrogens with one attached hydrogen (secondary N) is 3. The Bertz CT molecular complexity index is 660. The van der Waals surface area contributed by atoms with Gasteiger partial charge < -0.3 is 10.6 Å². The van der Waals surface area contributed by atoms with Gasteiger partial charge in [0.2, 0.25) is 0 Å². The third kappa shape index (κ3) is 3.41. The number of aryl methyl sites for hydroxylation is 2. The molecule has 1 aromatic carbocycles. The van der Waals surface area contributed by atoms with Crippen LogP contribution in [0.3, 0.4) is 0 Å². The van der Waals surface area contributed by atoms with Crippen LogP contribution in [0, 0.1) is 13.8 Å². The number of anilines is 2. The van der Waals surface area contributed by atoms with Gasteiger partial charge in [0, 0.05) is 17.2 Å². The molecule has 2 amide bonds. The van der Waals surface area contributed by atoms with Gasteiger partial charge in [0.15, 0.2) is 0 Å². The van der Waals surface area contributed by atoms with E-state index in [2.05, 4.69) is 26.9 Å². The second kappa shape index (κ2) is 6.66. The molecule has 1 aliphatic rings. The molecule has 22 heavy (non-hydrogen) atoms. The maximum absolute atomic E-state index is 12.1. The molecule has 1 saturated heterocycles. The van der Waals surface area contributed by atoms with E-state index in [9.17, 15) is 4.79 Å². The fourth-order valence-corrected chi connectivity index (χ4v) is 5.16. The van der Waals surface area contributed by atoms with Crippen LogP contribution in [0.4, 0.5) is 16.2 Å². The van der Waals surface area contributed by atoms with Crippen LogP contribution < -0.4 is 10.6 Å². The highest BCUT2D eigenvalue weighted by atomic mass is 32.2. The molecule has 0 saturated carbocycles. The minimum absolute atomic E-state index is 0.253. The standard InChI is InChI=1S/C15H18N4OS2/c1-9-13(10(2)19-18-9)17-15(20)16-12-5-3-4-11(8-12)14-21-6-7-22-14/h3-5,8,14H,6-7H2,1-2H3,(H,18,19)(H2,16,17,20). The molecule has 2 aromatic rings. The zero-order valence-electron chi connectivity index (χ0n) is 12.5. The number of rotatable bonds is 3. The molecule has 0 aliphatic carbocycles. The molecular weight excluding hydrogens is 316 g/mol. The largest absolute Gasteiger partial charge is 0.323 e. The van der Waals surface area contributed by atoms with Crippen molar-refractivity contribution in [3.05, 3.63) is 41.2 Å². The predicted octanol–water partition coefficient (Wildman–Crippen LogP) is 4.15. The van der Waals surface area contributed by atoms with Crippen LogP contribution in [0.5, 0.6) is 0 Å². The van der Waals surface area contributed by atoms with E-state index in [4.69, 9.17) is 0 Å². The molecule has 3 rings (SSSR count). The van der Waals surface area contributed by atoms with Gasteiger partial charge in [0.05, 0.1) is 21.7 Å². The summed E-state index contributed by atoms with van der Waals surface area (Å²) < 4.78 is 0.475. The molecule has 0 bridgehead atoms. The Morgan fingerprint density at radius 2 is 2.05 bits per heavy atom. The number of carbonyl (C=O) groups excluding carboxylic acids is 1. The van der Waals surface area contributed by atoms with Crippen molar-refractivity contribution in [2.75, 3.05) is 22.1 Å². The first-order valence-electron chi connectivity index (χ1n) is 7.06. The van der Waals surface area contributed by atoms with Crippen LogP contribution in [0.25, 0.3) is 0 Å². The number of carbonyl (C=O) groups is 1. The molecule has 0 unspecified atom stereocenters. The molecule has 2 heterocycles. The van der Waals surface area contributed by atoms with E-state index >= 15 is 0 Å². The number of hydrogen-bond donors (Lipinski definition) is 3. The van der Waals surface area contributed by atoms with E-state index in [-0.39, 0.29) is 6.03 Å². The topological polar surface area (TPSA) is 69.8 Å². The van der Waals surface area contributed by atoms with Crippen molar-refractivity contribution >= 4 is 40.9 Å². The molecule has 0 radical (unpaired) electrons. The number of hydrogen-bond acceptors (Lipinski definition) is 4. The normalized spacial score (nSPS) is 15.0. The van der Waals surface area contributed by atoms with Crippen molar-refractivity contribution in [3.8, 4) is 0 Å². The Labute approximate surface area is 138 Å². The zero-order chi connectivity index (χ0) is 15.5. The van der Waals surface area contributed by atoms with Gasteiger partial charge in [0.25, 0.3) is 0 Å². The average molecular weight is 334 g/mol. The summed E-state index contributed by atoms with van der Waals surface area (Å²) in [5, 5.41) is 12.7. The number of amides is 2. The van der Waals surface area contributed by atoms with Gasteiger partial charge in [-0.3, -0.25) is 5.10 Å². The average Bonchev–Trinajstić information content (AvgIpc) is 3.13. The highest BCUT2D eigenvalue weighted by Gasteiger charge is 2.18. The van der Waals surface area contributed by atoms with Gasteiger partial charge in [-0.2, -0.15) is 5.10 Å². The SMILES string of the molecule is Cc1n[nH]c(C)c1NC(=O)Nc1cccc(C2SCCS2)c1. The number of urea groups is 1. The molecule has 0 spiro atoms. The fourth-order valence-electron chi connectivity index (χ4n) is 2.32. The third-order valence-electron chi connectivity index (χ3n) is 3.41. The maximum Gasteiger partial charge on any atom is 0.323 e. The smallest absolute Gasteiger partial charge is 0.308 e. The second-order valence-electron chi connectivity index (χ2n) is 5.09. The fraction of sp³-hybridized carbons (Fsp3) is 0.333. The summed E-state index contributed by atoms with van der Waals surface area (Å²) in [4.78, 5) is 12.1. The van der Waals surface area contributed by atoms with E-state index in [0.717, 1.165) is 22.8 Å². The van der Waals surface area contributed by atoms with E-state index in [1.807, 2.05) is 55.6 Å². The number of benzene rings is 1. The first kappa shape index (κ1) is 15.3. The minimum Gasteiger partial charge on any atom is -0.308 e. The van der Waals surface area contributed by atoms with E-state index in [1.54, 1.807) is 0 Å². The highest BCUT2D eigenvalue weighted by Crippen LogP contribution is 2.45. The summed E-state index contributed by atoms with van der Waals surface area (Å²) in [6.45, 7) is 3.74. The van der Waals surface area contributed by atoms with Gasteiger partial charge in [-0.05, 0) is 31.5 Å². The summed E-state index contributed by atoms with van der Waals surface area (Å²) in [7, 11) is 0. The quantitative estimate of drug-likeness (QED) is 0.788. The van der Waals surface area contributed by atoms with Crippen LogP contribution in [0.2, 0.25) is 0 Å². The van der Waals surface area contributed by atoms with E-state index in [1.165, 1.54) is 17.1 Å². The van der Waals surface area contributed by atoms with Crippen molar-refractivity contribution in [1.29, 1.82) is 0 Å². The lowest BCUT2D eigenvalue weighted by Gasteiger charge is -2.12. The van der Waals surface area contributed by atoms with Crippen molar-refractivity contribution < 1.29 is 4.79 Å². The maximum atomic E-state index is 12.1. The molecular formula is C15H18N4OS2. The Hall–Kier alpha value is -1.60.